The van der Waals surface area contributed by atoms with Gasteiger partial charge in [-0.25, -0.2) is 4.79 Å². The summed E-state index contributed by atoms with van der Waals surface area (Å²) in [5.41, 5.74) is 3.16. The maximum Gasteiger partial charge on any atom is 0.337 e. The number of carbonyl (C=O) groups excluding carboxylic acids is 3. The molecule has 0 saturated carbocycles. The number of hydrogen-bond donors (Lipinski definition) is 1. The Bertz CT molecular complexity index is 1100. The van der Waals surface area contributed by atoms with Crippen molar-refractivity contribution >= 4 is 29.1 Å². The number of carbonyl (C=O) groups is 3. The number of ketones is 1. The van der Waals surface area contributed by atoms with Gasteiger partial charge in [0.25, 0.3) is 0 Å². The topological polar surface area (TPSA) is 81.7 Å². The number of esters is 2. The summed E-state index contributed by atoms with van der Waals surface area (Å²) in [5.74, 6) is -2.99. The number of Topliss-reactive ketones (excluding diaryl/α,β-unsaturated/α-hetero) is 1. The van der Waals surface area contributed by atoms with Crippen molar-refractivity contribution in [2.75, 3.05) is 7.11 Å². The highest BCUT2D eigenvalue weighted by Gasteiger charge is 2.47. The molecule has 4 rings (SSSR count). The summed E-state index contributed by atoms with van der Waals surface area (Å²) in [6, 6.07) is 13.2. The molecular formula is C25H25NO5S. The minimum absolute atomic E-state index is 0.134. The van der Waals surface area contributed by atoms with Gasteiger partial charge in [-0.1, -0.05) is 43.3 Å². The standard InChI is InChI=1S/C25H25NO5S/c1-14-12-17-21(23(27)19(14)24(28)30-3)22(18-10-7-11-32-18)20(15(2)26-17)25(29)31-13-16-8-5-4-6-9-16/h4-11,14,19,22,26H,12-13H2,1-3H3/t14-,19+,22-/m1/s1. The number of nitrogens with one attached hydrogen (secondary N) is 1. The number of thiophene rings is 1. The van der Waals surface area contributed by atoms with Crippen LogP contribution < -0.4 is 5.32 Å². The van der Waals surface area contributed by atoms with Gasteiger partial charge in [0.1, 0.15) is 12.5 Å². The van der Waals surface area contributed by atoms with Gasteiger partial charge in [0.2, 0.25) is 0 Å². The normalized spacial score (nSPS) is 22.8. The van der Waals surface area contributed by atoms with Crippen molar-refractivity contribution in [2.24, 2.45) is 11.8 Å². The highest BCUT2D eigenvalue weighted by atomic mass is 32.1. The van der Waals surface area contributed by atoms with E-state index < -0.39 is 23.8 Å². The molecule has 2 heterocycles. The summed E-state index contributed by atoms with van der Waals surface area (Å²) < 4.78 is 10.6. The predicted octanol–water partition coefficient (Wildman–Crippen LogP) is 4.10. The van der Waals surface area contributed by atoms with Gasteiger partial charge in [0.05, 0.1) is 18.6 Å². The van der Waals surface area contributed by atoms with E-state index in [1.807, 2.05) is 61.7 Å². The molecule has 3 atom stereocenters. The molecule has 2 aromatic rings. The molecule has 0 spiro atoms. The molecule has 0 radical (unpaired) electrons. The Kier molecular flexibility index (Phi) is 6.28. The molecule has 166 valence electrons. The van der Waals surface area contributed by atoms with Crippen LogP contribution in [0, 0.1) is 11.8 Å². The number of allylic oxidation sites excluding steroid dienone is 3. The van der Waals surface area contributed by atoms with Gasteiger partial charge >= 0.3 is 11.9 Å². The van der Waals surface area contributed by atoms with Gasteiger partial charge in [0, 0.05) is 21.8 Å². The highest BCUT2D eigenvalue weighted by molar-refractivity contribution is 7.10. The van der Waals surface area contributed by atoms with Crippen LogP contribution in [0.2, 0.25) is 0 Å². The minimum atomic E-state index is -0.886. The Labute approximate surface area is 190 Å². The van der Waals surface area contributed by atoms with E-state index in [2.05, 4.69) is 5.32 Å². The first-order chi connectivity index (χ1) is 15.4. The van der Waals surface area contributed by atoms with Crippen molar-refractivity contribution in [3.63, 3.8) is 0 Å². The van der Waals surface area contributed by atoms with Crippen molar-refractivity contribution in [1.29, 1.82) is 0 Å². The number of benzene rings is 1. The molecular weight excluding hydrogens is 426 g/mol. The summed E-state index contributed by atoms with van der Waals surface area (Å²) >= 11 is 1.47. The molecule has 1 aliphatic carbocycles. The number of hydrogen-bond acceptors (Lipinski definition) is 7. The van der Waals surface area contributed by atoms with Crippen LogP contribution in [0.3, 0.4) is 0 Å². The van der Waals surface area contributed by atoms with Gasteiger partial charge in [-0.05, 0) is 36.3 Å². The third-order valence-electron chi connectivity index (χ3n) is 6.00. The fourth-order valence-electron chi connectivity index (χ4n) is 4.49. The zero-order chi connectivity index (χ0) is 22.8. The fourth-order valence-corrected chi connectivity index (χ4v) is 5.34. The Morgan fingerprint density at radius 3 is 2.56 bits per heavy atom. The van der Waals surface area contributed by atoms with Crippen LogP contribution in [0.25, 0.3) is 0 Å². The summed E-state index contributed by atoms with van der Waals surface area (Å²) in [6.07, 6.45) is 0.520. The van der Waals surface area contributed by atoms with Crippen molar-refractivity contribution < 1.29 is 23.9 Å². The Morgan fingerprint density at radius 2 is 1.91 bits per heavy atom. The van der Waals surface area contributed by atoms with E-state index in [9.17, 15) is 14.4 Å². The van der Waals surface area contributed by atoms with Gasteiger partial charge in [-0.3, -0.25) is 9.59 Å². The Balaban J connectivity index is 1.72. The lowest BCUT2D eigenvalue weighted by atomic mass is 9.70. The molecule has 0 fully saturated rings. The third kappa shape index (κ3) is 4.00. The summed E-state index contributed by atoms with van der Waals surface area (Å²) in [4.78, 5) is 40.1. The monoisotopic (exact) mass is 451 g/mol. The lowest BCUT2D eigenvalue weighted by Gasteiger charge is -2.37. The molecule has 32 heavy (non-hydrogen) atoms. The van der Waals surface area contributed by atoms with E-state index in [-0.39, 0.29) is 18.3 Å². The molecule has 0 amide bonds. The van der Waals surface area contributed by atoms with E-state index in [4.69, 9.17) is 9.47 Å². The quantitative estimate of drug-likeness (QED) is 0.544. The van der Waals surface area contributed by atoms with Crippen LogP contribution in [0.5, 0.6) is 0 Å². The smallest absolute Gasteiger partial charge is 0.337 e. The maximum absolute atomic E-state index is 13.6. The van der Waals surface area contributed by atoms with E-state index in [1.54, 1.807) is 0 Å². The maximum atomic E-state index is 13.6. The van der Waals surface area contributed by atoms with E-state index in [0.29, 0.717) is 23.3 Å². The number of methoxy groups -OCH3 is 1. The van der Waals surface area contributed by atoms with Crippen LogP contribution >= 0.6 is 11.3 Å². The lowest BCUT2D eigenvalue weighted by molar-refractivity contribution is -0.151. The fraction of sp³-hybridized carbons (Fsp3) is 0.320. The molecule has 0 unspecified atom stereocenters. The zero-order valence-corrected chi connectivity index (χ0v) is 19.0. The largest absolute Gasteiger partial charge is 0.468 e. The van der Waals surface area contributed by atoms with Crippen molar-refractivity contribution in [3.05, 3.63) is 80.8 Å². The van der Waals surface area contributed by atoms with E-state index in [1.165, 1.54) is 18.4 Å². The summed E-state index contributed by atoms with van der Waals surface area (Å²) in [5, 5.41) is 5.18. The average molecular weight is 452 g/mol. The minimum Gasteiger partial charge on any atom is -0.468 e. The third-order valence-corrected chi connectivity index (χ3v) is 6.94. The lowest BCUT2D eigenvalue weighted by Crippen LogP contribution is -2.43. The Morgan fingerprint density at radius 1 is 1.16 bits per heavy atom. The molecule has 6 nitrogen and oxygen atoms in total. The van der Waals surface area contributed by atoms with Gasteiger partial charge < -0.3 is 14.8 Å². The van der Waals surface area contributed by atoms with Crippen molar-refractivity contribution in [1.82, 2.24) is 5.32 Å². The van der Waals surface area contributed by atoms with Crippen LogP contribution in [-0.2, 0) is 30.5 Å². The van der Waals surface area contributed by atoms with Gasteiger partial charge in [-0.2, -0.15) is 0 Å². The summed E-state index contributed by atoms with van der Waals surface area (Å²) in [7, 11) is 1.29. The van der Waals surface area contributed by atoms with Crippen LogP contribution in [-0.4, -0.2) is 24.8 Å². The number of rotatable bonds is 5. The molecule has 2 aliphatic rings. The molecule has 1 aromatic carbocycles. The van der Waals surface area contributed by atoms with Gasteiger partial charge in [-0.15, -0.1) is 11.3 Å². The number of ether oxygens (including phenoxy) is 2. The number of dihydropyridines is 1. The molecule has 1 N–H and O–H groups in total. The van der Waals surface area contributed by atoms with E-state index >= 15 is 0 Å². The SMILES string of the molecule is COC(=O)[C@@H]1C(=O)C2=C(C[C@H]1C)NC(C)=C(C(=O)OCc1ccccc1)[C@H]2c1cccs1. The van der Waals surface area contributed by atoms with Crippen LogP contribution in [0.1, 0.15) is 36.6 Å². The molecule has 1 aliphatic heterocycles. The summed E-state index contributed by atoms with van der Waals surface area (Å²) in [6.45, 7) is 3.83. The van der Waals surface area contributed by atoms with Crippen LogP contribution in [0.15, 0.2) is 70.4 Å². The second-order valence-electron chi connectivity index (χ2n) is 8.11. The first-order valence-corrected chi connectivity index (χ1v) is 11.4. The molecule has 0 saturated heterocycles. The molecule has 7 heteroatoms. The molecule has 0 bridgehead atoms. The van der Waals surface area contributed by atoms with Crippen molar-refractivity contribution in [2.45, 2.75) is 32.8 Å². The average Bonchev–Trinajstić information content (AvgIpc) is 3.31. The van der Waals surface area contributed by atoms with Crippen molar-refractivity contribution in [3.8, 4) is 0 Å². The van der Waals surface area contributed by atoms with E-state index in [0.717, 1.165) is 16.1 Å². The first-order valence-electron chi connectivity index (χ1n) is 10.5. The first kappa shape index (κ1) is 22.0. The van der Waals surface area contributed by atoms with Crippen LogP contribution in [0.4, 0.5) is 0 Å². The molecule has 1 aromatic heterocycles. The second kappa shape index (κ2) is 9.12. The Hall–Kier alpha value is -3.19. The second-order valence-corrected chi connectivity index (χ2v) is 9.09. The predicted molar refractivity (Wildman–Crippen MR) is 120 cm³/mol. The zero-order valence-electron chi connectivity index (χ0n) is 18.2. The van der Waals surface area contributed by atoms with Gasteiger partial charge in [0.15, 0.2) is 5.78 Å². The highest BCUT2D eigenvalue weighted by Crippen LogP contribution is 2.46.